The third-order valence-corrected chi connectivity index (χ3v) is 4.44. The van der Waals surface area contributed by atoms with E-state index in [0.29, 0.717) is 25.5 Å². The van der Waals surface area contributed by atoms with E-state index in [-0.39, 0.29) is 5.91 Å². The second kappa shape index (κ2) is 10.6. The van der Waals surface area contributed by atoms with Gasteiger partial charge < -0.3 is 20.7 Å². The fourth-order valence-electron chi connectivity index (χ4n) is 2.42. The van der Waals surface area contributed by atoms with Crippen molar-refractivity contribution in [2.75, 3.05) is 26.0 Å². The molecule has 2 aromatic rings. The Morgan fingerprint density at radius 1 is 1.15 bits per heavy atom. The number of amides is 1. The summed E-state index contributed by atoms with van der Waals surface area (Å²) in [5.41, 5.74) is 2.95. The average Bonchev–Trinajstić information content (AvgIpc) is 2.67. The van der Waals surface area contributed by atoms with Crippen molar-refractivity contribution < 1.29 is 9.53 Å². The molecule has 0 atom stereocenters. The monoisotopic (exact) mass is 432 g/mol. The molecule has 0 saturated heterocycles. The summed E-state index contributed by atoms with van der Waals surface area (Å²) in [6.45, 7) is 3.08. The quantitative estimate of drug-likeness (QED) is 0.462. The second-order valence-electron chi connectivity index (χ2n) is 5.96. The van der Waals surface area contributed by atoms with Crippen molar-refractivity contribution in [3.8, 4) is 5.75 Å². The highest BCUT2D eigenvalue weighted by molar-refractivity contribution is 9.10. The van der Waals surface area contributed by atoms with Crippen LogP contribution in [0.25, 0.3) is 0 Å². The van der Waals surface area contributed by atoms with Gasteiger partial charge in [0, 0.05) is 36.7 Å². The maximum Gasteiger partial charge on any atom is 0.226 e. The number of methoxy groups -OCH3 is 1. The molecule has 0 saturated carbocycles. The van der Waals surface area contributed by atoms with Gasteiger partial charge in [-0.3, -0.25) is 9.79 Å². The van der Waals surface area contributed by atoms with Gasteiger partial charge in [-0.05, 0) is 48.4 Å². The molecule has 0 aliphatic carbocycles. The smallest absolute Gasteiger partial charge is 0.226 e. The Morgan fingerprint density at radius 3 is 2.52 bits per heavy atom. The number of nitrogens with zero attached hydrogens (tertiary/aromatic N) is 1. The van der Waals surface area contributed by atoms with Crippen molar-refractivity contribution in [2.24, 2.45) is 4.99 Å². The van der Waals surface area contributed by atoms with Gasteiger partial charge >= 0.3 is 0 Å². The molecule has 0 heterocycles. The number of carbonyl (C=O) groups is 1. The number of guanidine groups is 1. The SMILES string of the molecule is CN=C(NCCC(=O)Nc1ccc(Br)cc1C)NCc1ccc(OC)cc1. The van der Waals surface area contributed by atoms with E-state index in [1.165, 1.54) is 0 Å². The van der Waals surface area contributed by atoms with Crippen LogP contribution >= 0.6 is 15.9 Å². The Hall–Kier alpha value is -2.54. The van der Waals surface area contributed by atoms with Gasteiger partial charge in [-0.2, -0.15) is 0 Å². The molecule has 144 valence electrons. The highest BCUT2D eigenvalue weighted by Gasteiger charge is 2.06. The zero-order valence-corrected chi connectivity index (χ0v) is 17.4. The lowest BCUT2D eigenvalue weighted by atomic mass is 10.2. The maximum absolute atomic E-state index is 12.1. The van der Waals surface area contributed by atoms with Crippen LogP contribution in [0.1, 0.15) is 17.5 Å². The van der Waals surface area contributed by atoms with Gasteiger partial charge in [0.05, 0.1) is 7.11 Å². The van der Waals surface area contributed by atoms with E-state index in [2.05, 4.69) is 36.9 Å². The minimum atomic E-state index is -0.0430. The van der Waals surface area contributed by atoms with Crippen LogP contribution in [0, 0.1) is 6.92 Å². The molecule has 27 heavy (non-hydrogen) atoms. The molecule has 6 nitrogen and oxygen atoms in total. The van der Waals surface area contributed by atoms with Gasteiger partial charge in [0.15, 0.2) is 5.96 Å². The number of hydrogen-bond acceptors (Lipinski definition) is 3. The predicted octanol–water partition coefficient (Wildman–Crippen LogP) is 3.46. The molecule has 0 radical (unpaired) electrons. The number of aryl methyl sites for hydroxylation is 1. The summed E-state index contributed by atoms with van der Waals surface area (Å²) in [6, 6.07) is 13.6. The summed E-state index contributed by atoms with van der Waals surface area (Å²) >= 11 is 3.42. The van der Waals surface area contributed by atoms with Crippen LogP contribution in [0.2, 0.25) is 0 Å². The van der Waals surface area contributed by atoms with E-state index in [9.17, 15) is 4.79 Å². The Balaban J connectivity index is 1.74. The van der Waals surface area contributed by atoms with Gasteiger partial charge in [0.25, 0.3) is 0 Å². The minimum Gasteiger partial charge on any atom is -0.497 e. The number of benzene rings is 2. The number of nitrogens with one attached hydrogen (secondary N) is 3. The molecule has 2 rings (SSSR count). The van der Waals surface area contributed by atoms with Gasteiger partial charge in [-0.25, -0.2) is 0 Å². The molecule has 0 spiro atoms. The first-order valence-corrected chi connectivity index (χ1v) is 9.44. The Bertz CT molecular complexity index is 791. The van der Waals surface area contributed by atoms with E-state index < -0.39 is 0 Å². The van der Waals surface area contributed by atoms with Crippen molar-refractivity contribution in [1.29, 1.82) is 0 Å². The minimum absolute atomic E-state index is 0.0430. The molecular weight excluding hydrogens is 408 g/mol. The van der Waals surface area contributed by atoms with Crippen LogP contribution in [-0.2, 0) is 11.3 Å². The average molecular weight is 433 g/mol. The lowest BCUT2D eigenvalue weighted by Gasteiger charge is -2.13. The maximum atomic E-state index is 12.1. The van der Waals surface area contributed by atoms with Crippen molar-refractivity contribution in [1.82, 2.24) is 10.6 Å². The van der Waals surface area contributed by atoms with E-state index in [4.69, 9.17) is 4.74 Å². The highest BCUT2D eigenvalue weighted by atomic mass is 79.9. The first-order chi connectivity index (χ1) is 13.0. The van der Waals surface area contributed by atoms with E-state index in [0.717, 1.165) is 27.0 Å². The van der Waals surface area contributed by atoms with Crippen molar-refractivity contribution >= 4 is 33.5 Å². The summed E-state index contributed by atoms with van der Waals surface area (Å²) in [4.78, 5) is 16.3. The van der Waals surface area contributed by atoms with Crippen LogP contribution in [0.3, 0.4) is 0 Å². The van der Waals surface area contributed by atoms with E-state index in [1.54, 1.807) is 14.2 Å². The summed E-state index contributed by atoms with van der Waals surface area (Å²) in [5.74, 6) is 1.44. The Kier molecular flexibility index (Phi) is 8.13. The van der Waals surface area contributed by atoms with Crippen LogP contribution in [-0.4, -0.2) is 32.6 Å². The van der Waals surface area contributed by atoms with Crippen molar-refractivity contribution in [2.45, 2.75) is 19.9 Å². The Labute approximate surface area is 168 Å². The number of rotatable bonds is 7. The lowest BCUT2D eigenvalue weighted by molar-refractivity contribution is -0.116. The molecule has 2 aromatic carbocycles. The molecule has 0 fully saturated rings. The number of carbonyl (C=O) groups excluding carboxylic acids is 1. The van der Waals surface area contributed by atoms with Crippen LogP contribution in [0.5, 0.6) is 5.75 Å². The number of halogens is 1. The van der Waals surface area contributed by atoms with E-state index >= 15 is 0 Å². The number of hydrogen-bond donors (Lipinski definition) is 3. The van der Waals surface area contributed by atoms with Crippen LogP contribution in [0.4, 0.5) is 5.69 Å². The first kappa shape index (κ1) is 20.8. The molecule has 7 heteroatoms. The third kappa shape index (κ3) is 6.94. The number of aliphatic imine (C=N–C) groups is 1. The summed E-state index contributed by atoms with van der Waals surface area (Å²) in [5, 5.41) is 9.30. The van der Waals surface area contributed by atoms with Gasteiger partial charge in [0.1, 0.15) is 5.75 Å². The zero-order chi connectivity index (χ0) is 19.6. The second-order valence-corrected chi connectivity index (χ2v) is 6.87. The fourth-order valence-corrected chi connectivity index (χ4v) is 2.90. The van der Waals surface area contributed by atoms with Gasteiger partial charge in [-0.1, -0.05) is 28.1 Å². The first-order valence-electron chi connectivity index (χ1n) is 8.65. The Morgan fingerprint density at radius 2 is 1.89 bits per heavy atom. The van der Waals surface area contributed by atoms with Crippen LogP contribution < -0.4 is 20.7 Å². The normalized spacial score (nSPS) is 11.0. The number of anilines is 1. The third-order valence-electron chi connectivity index (χ3n) is 3.95. The van der Waals surface area contributed by atoms with Crippen molar-refractivity contribution in [3.63, 3.8) is 0 Å². The summed E-state index contributed by atoms with van der Waals surface area (Å²) < 4.78 is 6.14. The van der Waals surface area contributed by atoms with Crippen molar-refractivity contribution in [3.05, 3.63) is 58.1 Å². The molecule has 0 aromatic heterocycles. The summed E-state index contributed by atoms with van der Waals surface area (Å²) in [6.07, 6.45) is 0.346. The molecule has 1 amide bonds. The van der Waals surface area contributed by atoms with Crippen LogP contribution in [0.15, 0.2) is 51.9 Å². The van der Waals surface area contributed by atoms with Gasteiger partial charge in [-0.15, -0.1) is 0 Å². The molecule has 3 N–H and O–H groups in total. The van der Waals surface area contributed by atoms with E-state index in [1.807, 2.05) is 49.4 Å². The predicted molar refractivity (Wildman–Crippen MR) is 113 cm³/mol. The molecule has 0 unspecified atom stereocenters. The zero-order valence-electron chi connectivity index (χ0n) is 15.8. The topological polar surface area (TPSA) is 74.8 Å². The molecule has 0 aliphatic heterocycles. The summed E-state index contributed by atoms with van der Waals surface area (Å²) in [7, 11) is 3.35. The lowest BCUT2D eigenvalue weighted by Crippen LogP contribution is -2.38. The molecular formula is C20H25BrN4O2. The number of ether oxygens (including phenoxy) is 1. The molecule has 0 aliphatic rings. The highest BCUT2D eigenvalue weighted by Crippen LogP contribution is 2.20. The standard InChI is InChI=1S/C20H25BrN4O2/c1-14-12-16(21)6-9-18(14)25-19(26)10-11-23-20(22-2)24-13-15-4-7-17(27-3)8-5-15/h4-9,12H,10-11,13H2,1-3H3,(H,25,26)(H2,22,23,24). The van der Waals surface area contributed by atoms with Gasteiger partial charge in [0.2, 0.25) is 5.91 Å². The largest absolute Gasteiger partial charge is 0.497 e. The fraction of sp³-hybridized carbons (Fsp3) is 0.300. The molecule has 0 bridgehead atoms.